The van der Waals surface area contributed by atoms with Gasteiger partial charge in [-0.15, -0.1) is 11.3 Å². The first-order valence-electron chi connectivity index (χ1n) is 8.15. The molecule has 4 nitrogen and oxygen atoms in total. The molecule has 0 aliphatic carbocycles. The predicted octanol–water partition coefficient (Wildman–Crippen LogP) is 4.40. The van der Waals surface area contributed by atoms with Gasteiger partial charge in [0, 0.05) is 42.0 Å². The molecule has 0 saturated carbocycles. The van der Waals surface area contributed by atoms with Crippen molar-refractivity contribution < 1.29 is 4.79 Å². The number of benzene rings is 1. The predicted molar refractivity (Wildman–Crippen MR) is 102 cm³/mol. The first-order valence-corrected chi connectivity index (χ1v) is 8.97. The van der Waals surface area contributed by atoms with Gasteiger partial charge in [-0.1, -0.05) is 12.1 Å². The Hall–Kier alpha value is -2.53. The van der Waals surface area contributed by atoms with E-state index >= 15 is 0 Å². The summed E-state index contributed by atoms with van der Waals surface area (Å²) in [5.74, 6) is 0.00284. The van der Waals surface area contributed by atoms with Gasteiger partial charge in [0.2, 0.25) is 0 Å². The average molecular weight is 351 g/mol. The van der Waals surface area contributed by atoms with Crippen LogP contribution in [0.5, 0.6) is 0 Å². The molecule has 0 fully saturated rings. The smallest absolute Gasteiger partial charge is 0.253 e. The third-order valence-corrected chi connectivity index (χ3v) is 5.40. The minimum absolute atomic E-state index is 0.00284. The minimum atomic E-state index is 0.00284. The summed E-state index contributed by atoms with van der Waals surface area (Å²) in [6.07, 6.45) is 3.58. The van der Waals surface area contributed by atoms with E-state index in [0.29, 0.717) is 12.1 Å². The van der Waals surface area contributed by atoms with Crippen molar-refractivity contribution in [1.82, 2.24) is 14.9 Å². The normalized spacial score (nSPS) is 10.7. The molecule has 0 bridgehead atoms. The van der Waals surface area contributed by atoms with Gasteiger partial charge in [0.15, 0.2) is 0 Å². The van der Waals surface area contributed by atoms with E-state index in [0.717, 1.165) is 27.4 Å². The third kappa shape index (κ3) is 3.77. The molecule has 3 aromatic rings. The second-order valence-corrected chi connectivity index (χ2v) is 7.41. The van der Waals surface area contributed by atoms with Gasteiger partial charge in [0.1, 0.15) is 5.01 Å². The number of carbonyl (C=O) groups excluding carboxylic acids is 1. The van der Waals surface area contributed by atoms with Gasteiger partial charge < -0.3 is 4.90 Å². The van der Waals surface area contributed by atoms with Crippen LogP contribution in [-0.4, -0.2) is 27.8 Å². The summed E-state index contributed by atoms with van der Waals surface area (Å²) in [7, 11) is 1.83. The van der Waals surface area contributed by atoms with Crippen LogP contribution in [0.4, 0.5) is 0 Å². The van der Waals surface area contributed by atoms with Gasteiger partial charge in [0.25, 0.3) is 5.91 Å². The van der Waals surface area contributed by atoms with Crippen LogP contribution in [0, 0.1) is 20.8 Å². The molecule has 0 radical (unpaired) electrons. The van der Waals surface area contributed by atoms with Crippen molar-refractivity contribution >= 4 is 17.2 Å². The number of thiazole rings is 1. The van der Waals surface area contributed by atoms with Gasteiger partial charge in [-0.05, 0) is 50.1 Å². The molecule has 128 valence electrons. The highest BCUT2D eigenvalue weighted by molar-refractivity contribution is 7.15. The molecule has 0 aliphatic heterocycles. The molecule has 0 spiro atoms. The summed E-state index contributed by atoms with van der Waals surface area (Å²) >= 11 is 1.66. The van der Waals surface area contributed by atoms with Gasteiger partial charge in [-0.25, -0.2) is 4.98 Å². The first kappa shape index (κ1) is 17.3. The average Bonchev–Trinajstić information content (AvgIpc) is 2.95. The van der Waals surface area contributed by atoms with Crippen molar-refractivity contribution in [2.75, 3.05) is 7.05 Å². The van der Waals surface area contributed by atoms with Crippen LogP contribution in [0.15, 0.2) is 42.7 Å². The Kier molecular flexibility index (Phi) is 4.95. The van der Waals surface area contributed by atoms with Gasteiger partial charge in [-0.2, -0.15) is 0 Å². The Morgan fingerprint density at radius 3 is 2.68 bits per heavy atom. The quantitative estimate of drug-likeness (QED) is 0.700. The van der Waals surface area contributed by atoms with E-state index in [1.54, 1.807) is 22.4 Å². The van der Waals surface area contributed by atoms with Crippen LogP contribution in [0.2, 0.25) is 0 Å². The van der Waals surface area contributed by atoms with Crippen molar-refractivity contribution in [2.24, 2.45) is 0 Å². The summed E-state index contributed by atoms with van der Waals surface area (Å²) in [5, 5.41) is 0.956. The molecule has 0 N–H and O–H groups in total. The second-order valence-electron chi connectivity index (χ2n) is 6.20. The van der Waals surface area contributed by atoms with Crippen LogP contribution in [-0.2, 0) is 6.54 Å². The molecule has 0 unspecified atom stereocenters. The Morgan fingerprint density at radius 1 is 1.20 bits per heavy atom. The number of rotatable bonds is 4. The Morgan fingerprint density at radius 2 is 2.00 bits per heavy atom. The Bertz CT molecular complexity index is 897. The number of hydrogen-bond donors (Lipinski definition) is 0. The van der Waals surface area contributed by atoms with E-state index in [1.807, 2.05) is 57.4 Å². The topological polar surface area (TPSA) is 46.1 Å². The molecule has 0 saturated heterocycles. The summed E-state index contributed by atoms with van der Waals surface area (Å²) in [6, 6.07) is 9.66. The van der Waals surface area contributed by atoms with Crippen molar-refractivity contribution in [2.45, 2.75) is 27.3 Å². The number of nitrogens with zero attached hydrogens (tertiary/aromatic N) is 3. The molecule has 1 amide bonds. The highest BCUT2D eigenvalue weighted by Crippen LogP contribution is 2.28. The number of carbonyl (C=O) groups is 1. The van der Waals surface area contributed by atoms with Crippen LogP contribution >= 0.6 is 11.3 Å². The van der Waals surface area contributed by atoms with Crippen molar-refractivity contribution in [3.8, 4) is 10.6 Å². The van der Waals surface area contributed by atoms with E-state index in [4.69, 9.17) is 0 Å². The maximum Gasteiger partial charge on any atom is 0.253 e. The molecule has 2 heterocycles. The lowest BCUT2D eigenvalue weighted by molar-refractivity contribution is 0.0785. The summed E-state index contributed by atoms with van der Waals surface area (Å²) in [6.45, 7) is 6.65. The molecule has 0 atom stereocenters. The van der Waals surface area contributed by atoms with Crippen LogP contribution in [0.25, 0.3) is 10.6 Å². The summed E-state index contributed by atoms with van der Waals surface area (Å²) < 4.78 is 0. The lowest BCUT2D eigenvalue weighted by atomic mass is 10.1. The Balaban J connectivity index is 1.82. The fourth-order valence-corrected chi connectivity index (χ4v) is 3.52. The highest BCUT2D eigenvalue weighted by atomic mass is 32.1. The van der Waals surface area contributed by atoms with Crippen LogP contribution in [0.3, 0.4) is 0 Å². The number of pyridine rings is 1. The van der Waals surface area contributed by atoms with E-state index in [2.05, 4.69) is 16.9 Å². The molecule has 3 rings (SSSR count). The molecular formula is C20H21N3OS. The minimum Gasteiger partial charge on any atom is -0.337 e. The zero-order chi connectivity index (χ0) is 18.0. The maximum atomic E-state index is 12.8. The van der Waals surface area contributed by atoms with E-state index < -0.39 is 0 Å². The van der Waals surface area contributed by atoms with Gasteiger partial charge >= 0.3 is 0 Å². The zero-order valence-electron chi connectivity index (χ0n) is 14.9. The molecule has 5 heteroatoms. The molecule has 25 heavy (non-hydrogen) atoms. The van der Waals surface area contributed by atoms with E-state index in [-0.39, 0.29) is 5.91 Å². The molecule has 0 aliphatic rings. The molecule has 2 aromatic heterocycles. The van der Waals surface area contributed by atoms with E-state index in [9.17, 15) is 4.79 Å². The van der Waals surface area contributed by atoms with Crippen molar-refractivity contribution in [1.29, 1.82) is 0 Å². The zero-order valence-corrected chi connectivity index (χ0v) is 15.7. The fraction of sp³-hybridized carbons (Fsp3) is 0.250. The lowest BCUT2D eigenvalue weighted by Gasteiger charge is -2.18. The Labute approximate surface area is 152 Å². The standard InChI is InChI=1S/C20H21N3OS/c1-13-11-21-9-8-18(13)12-23(4)20(24)17-7-5-6-16(10-17)19-22-14(2)15(3)25-19/h5-11H,12H2,1-4H3. The third-order valence-electron chi connectivity index (χ3n) is 4.28. The van der Waals surface area contributed by atoms with Gasteiger partial charge in [-0.3, -0.25) is 9.78 Å². The maximum absolute atomic E-state index is 12.8. The number of amides is 1. The van der Waals surface area contributed by atoms with Gasteiger partial charge in [0.05, 0.1) is 5.69 Å². The summed E-state index contributed by atoms with van der Waals surface area (Å²) in [5.41, 5.74) is 4.90. The monoisotopic (exact) mass is 351 g/mol. The van der Waals surface area contributed by atoms with Crippen molar-refractivity contribution in [3.05, 3.63) is 70.0 Å². The fourth-order valence-electron chi connectivity index (χ4n) is 2.61. The highest BCUT2D eigenvalue weighted by Gasteiger charge is 2.15. The number of hydrogen-bond acceptors (Lipinski definition) is 4. The first-order chi connectivity index (χ1) is 12.0. The largest absolute Gasteiger partial charge is 0.337 e. The number of aromatic nitrogens is 2. The lowest BCUT2D eigenvalue weighted by Crippen LogP contribution is -2.26. The molecular weight excluding hydrogens is 330 g/mol. The van der Waals surface area contributed by atoms with Crippen LogP contribution < -0.4 is 0 Å². The van der Waals surface area contributed by atoms with Crippen molar-refractivity contribution in [3.63, 3.8) is 0 Å². The molecule has 1 aromatic carbocycles. The summed E-state index contributed by atoms with van der Waals surface area (Å²) in [4.78, 5) is 24.4. The van der Waals surface area contributed by atoms with Crippen LogP contribution in [0.1, 0.15) is 32.1 Å². The second kappa shape index (κ2) is 7.15. The number of aryl methyl sites for hydroxylation is 3. The SMILES string of the molecule is Cc1cnccc1CN(C)C(=O)c1cccc(-c2nc(C)c(C)s2)c1. The van der Waals surface area contributed by atoms with E-state index in [1.165, 1.54) is 4.88 Å².